The van der Waals surface area contributed by atoms with Crippen molar-refractivity contribution in [2.75, 3.05) is 12.4 Å². The van der Waals surface area contributed by atoms with Crippen LogP contribution in [0, 0.1) is 5.82 Å². The number of imide groups is 1. The van der Waals surface area contributed by atoms with Gasteiger partial charge in [0, 0.05) is 35.2 Å². The number of halogens is 2. The number of rotatable bonds is 6. The second-order valence-corrected chi connectivity index (χ2v) is 9.76. The molecule has 10 nitrogen and oxygen atoms in total. The maximum atomic E-state index is 13.6. The van der Waals surface area contributed by atoms with E-state index in [1.54, 1.807) is 6.07 Å². The number of aromatic nitrogens is 2. The van der Waals surface area contributed by atoms with Gasteiger partial charge < -0.3 is 19.4 Å². The number of nitrogens with zero attached hydrogens (tertiary/aromatic N) is 3. The van der Waals surface area contributed by atoms with Crippen LogP contribution < -0.4 is 15.4 Å². The van der Waals surface area contributed by atoms with Gasteiger partial charge in [0.25, 0.3) is 11.8 Å². The van der Waals surface area contributed by atoms with E-state index in [-0.39, 0.29) is 48.9 Å². The molecule has 190 valence electrons. The van der Waals surface area contributed by atoms with Crippen LogP contribution in [0.2, 0.25) is 5.02 Å². The van der Waals surface area contributed by atoms with Crippen LogP contribution in [-0.4, -0.2) is 46.0 Å². The van der Waals surface area contributed by atoms with Gasteiger partial charge in [-0.05, 0) is 49.1 Å². The lowest BCUT2D eigenvalue weighted by Gasteiger charge is -2.29. The number of ether oxygens (including phenoxy) is 1. The minimum absolute atomic E-state index is 0.159. The Kier molecular flexibility index (Phi) is 5.41. The van der Waals surface area contributed by atoms with Gasteiger partial charge in [-0.15, -0.1) is 5.10 Å². The topological polar surface area (TPSA) is 127 Å². The van der Waals surface area contributed by atoms with Crippen LogP contribution >= 0.6 is 11.6 Å². The largest absolute Gasteiger partial charge is 0.496 e. The van der Waals surface area contributed by atoms with Crippen molar-refractivity contribution < 1.29 is 27.9 Å². The molecule has 0 spiro atoms. The quantitative estimate of drug-likeness (QED) is 0.469. The summed E-state index contributed by atoms with van der Waals surface area (Å²) in [6, 6.07) is 7.05. The Hall–Kier alpha value is -3.99. The SMILES string of the molecule is COc1cc(F)ccc1-c1nnc(NC2(c3cc(Cl)c4c(c3)C(=O)N(C3CCC(=O)NC3=O)C4)CC2)o1. The Morgan fingerprint density at radius 1 is 1.19 bits per heavy atom. The standard InChI is InChI=1S/C25H21ClFN5O5/c1-36-19-10-13(27)2-3-14(19)22-30-31-24(37-22)29-25(6-7-25)12-8-15-16(17(26)9-12)11-32(23(15)35)18-4-5-20(33)28-21(18)34/h2-3,8-10,18H,4-7,11H2,1H3,(H,29,31)(H,28,33,34). The molecule has 0 radical (unpaired) electrons. The molecule has 2 aliphatic heterocycles. The van der Waals surface area contributed by atoms with E-state index in [2.05, 4.69) is 20.8 Å². The molecule has 1 unspecified atom stereocenters. The lowest BCUT2D eigenvalue weighted by Crippen LogP contribution is -2.52. The number of piperidine rings is 1. The summed E-state index contributed by atoms with van der Waals surface area (Å²) in [5.41, 5.74) is 1.77. The fourth-order valence-electron chi connectivity index (χ4n) is 4.93. The molecule has 1 saturated carbocycles. The maximum Gasteiger partial charge on any atom is 0.316 e. The molecule has 1 aliphatic carbocycles. The first-order valence-electron chi connectivity index (χ1n) is 11.7. The summed E-state index contributed by atoms with van der Waals surface area (Å²) >= 11 is 6.61. The molecule has 3 amide bonds. The van der Waals surface area contributed by atoms with E-state index in [0.29, 0.717) is 21.7 Å². The molecule has 3 aromatic rings. The number of hydrogen-bond acceptors (Lipinski definition) is 8. The van der Waals surface area contributed by atoms with E-state index in [0.717, 1.165) is 18.4 Å². The number of anilines is 1. The summed E-state index contributed by atoms with van der Waals surface area (Å²) in [5.74, 6) is -1.13. The molecular formula is C25H21ClFN5O5. The monoisotopic (exact) mass is 525 g/mol. The van der Waals surface area contributed by atoms with Crippen molar-refractivity contribution in [2.45, 2.75) is 43.8 Å². The summed E-state index contributed by atoms with van der Waals surface area (Å²) in [6.45, 7) is 0.201. The van der Waals surface area contributed by atoms with Gasteiger partial charge in [-0.3, -0.25) is 19.7 Å². The van der Waals surface area contributed by atoms with Crippen molar-refractivity contribution in [3.63, 3.8) is 0 Å². The Balaban J connectivity index is 1.25. The van der Waals surface area contributed by atoms with Crippen molar-refractivity contribution in [1.29, 1.82) is 0 Å². The first-order chi connectivity index (χ1) is 17.8. The summed E-state index contributed by atoms with van der Waals surface area (Å²) in [7, 11) is 1.42. The number of carbonyl (C=O) groups excluding carboxylic acids is 3. The molecule has 3 heterocycles. The van der Waals surface area contributed by atoms with Crippen molar-refractivity contribution >= 4 is 35.3 Å². The predicted molar refractivity (Wildman–Crippen MR) is 128 cm³/mol. The third-order valence-corrected chi connectivity index (χ3v) is 7.41. The molecule has 2 aromatic carbocycles. The second kappa shape index (κ2) is 8.55. The van der Waals surface area contributed by atoms with E-state index in [4.69, 9.17) is 20.8 Å². The Labute approximate surface area is 215 Å². The van der Waals surface area contributed by atoms with Crippen LogP contribution in [0.25, 0.3) is 11.5 Å². The van der Waals surface area contributed by atoms with Crippen molar-refractivity contribution in [3.8, 4) is 17.2 Å². The van der Waals surface area contributed by atoms with Gasteiger partial charge >= 0.3 is 6.01 Å². The molecule has 6 rings (SSSR count). The smallest absolute Gasteiger partial charge is 0.316 e. The van der Waals surface area contributed by atoms with E-state index < -0.39 is 23.3 Å². The number of fused-ring (bicyclic) bond motifs is 1. The number of amides is 3. The number of carbonyl (C=O) groups is 3. The molecule has 0 bridgehead atoms. The number of benzene rings is 2. The third-order valence-electron chi connectivity index (χ3n) is 7.07. The van der Waals surface area contributed by atoms with Crippen LogP contribution in [0.1, 0.15) is 47.2 Å². The molecule has 12 heteroatoms. The average molecular weight is 526 g/mol. The fourth-order valence-corrected chi connectivity index (χ4v) is 5.21. The molecule has 1 saturated heterocycles. The zero-order chi connectivity index (χ0) is 25.9. The van der Waals surface area contributed by atoms with Crippen molar-refractivity contribution in [1.82, 2.24) is 20.4 Å². The van der Waals surface area contributed by atoms with Gasteiger partial charge in [0.2, 0.25) is 11.8 Å². The first-order valence-corrected chi connectivity index (χ1v) is 12.1. The highest BCUT2D eigenvalue weighted by molar-refractivity contribution is 6.32. The second-order valence-electron chi connectivity index (χ2n) is 9.35. The highest BCUT2D eigenvalue weighted by Gasteiger charge is 2.48. The fraction of sp³-hybridized carbons (Fsp3) is 0.320. The number of methoxy groups -OCH3 is 1. The summed E-state index contributed by atoms with van der Waals surface area (Å²) in [5, 5.41) is 14.1. The van der Waals surface area contributed by atoms with E-state index in [9.17, 15) is 18.8 Å². The lowest BCUT2D eigenvalue weighted by molar-refractivity contribution is -0.136. The number of nitrogens with one attached hydrogen (secondary N) is 2. The third kappa shape index (κ3) is 3.99. The van der Waals surface area contributed by atoms with Crippen LogP contribution in [-0.2, 0) is 21.7 Å². The lowest BCUT2D eigenvalue weighted by atomic mass is 9.99. The minimum atomic E-state index is -0.717. The summed E-state index contributed by atoms with van der Waals surface area (Å²) in [6.07, 6.45) is 1.94. The zero-order valence-corrected chi connectivity index (χ0v) is 20.4. The molecule has 3 aliphatic rings. The Morgan fingerprint density at radius 2 is 2.00 bits per heavy atom. The van der Waals surface area contributed by atoms with Crippen LogP contribution in [0.4, 0.5) is 10.4 Å². The van der Waals surface area contributed by atoms with Gasteiger partial charge in [0.15, 0.2) is 0 Å². The average Bonchev–Trinajstić information content (AvgIpc) is 3.38. The van der Waals surface area contributed by atoms with Gasteiger partial charge in [-0.2, -0.15) is 0 Å². The molecule has 2 fully saturated rings. The molecule has 1 aromatic heterocycles. The van der Waals surface area contributed by atoms with Gasteiger partial charge in [-0.1, -0.05) is 16.7 Å². The van der Waals surface area contributed by atoms with E-state index in [1.807, 2.05) is 6.07 Å². The normalized spacial score (nSPS) is 20.0. The minimum Gasteiger partial charge on any atom is -0.496 e. The zero-order valence-electron chi connectivity index (χ0n) is 19.6. The van der Waals surface area contributed by atoms with Gasteiger partial charge in [0.05, 0.1) is 18.2 Å². The van der Waals surface area contributed by atoms with Crippen LogP contribution in [0.5, 0.6) is 5.75 Å². The number of hydrogen-bond donors (Lipinski definition) is 2. The van der Waals surface area contributed by atoms with E-state index >= 15 is 0 Å². The Bertz CT molecular complexity index is 1470. The molecule has 2 N–H and O–H groups in total. The van der Waals surface area contributed by atoms with Crippen molar-refractivity contribution in [2.24, 2.45) is 0 Å². The highest BCUT2D eigenvalue weighted by Crippen LogP contribution is 2.50. The van der Waals surface area contributed by atoms with Crippen LogP contribution in [0.3, 0.4) is 0 Å². The van der Waals surface area contributed by atoms with Gasteiger partial charge in [0.1, 0.15) is 17.6 Å². The highest BCUT2D eigenvalue weighted by atomic mass is 35.5. The Morgan fingerprint density at radius 3 is 2.73 bits per heavy atom. The van der Waals surface area contributed by atoms with Crippen molar-refractivity contribution in [3.05, 3.63) is 57.9 Å². The molecule has 1 atom stereocenters. The molecule has 37 heavy (non-hydrogen) atoms. The predicted octanol–water partition coefficient (Wildman–Crippen LogP) is 3.40. The van der Waals surface area contributed by atoms with E-state index in [1.165, 1.54) is 30.2 Å². The van der Waals surface area contributed by atoms with Crippen LogP contribution in [0.15, 0.2) is 34.7 Å². The molecular weight excluding hydrogens is 505 g/mol. The van der Waals surface area contributed by atoms with Gasteiger partial charge in [-0.25, -0.2) is 4.39 Å². The summed E-state index contributed by atoms with van der Waals surface area (Å²) < 4.78 is 24.6. The summed E-state index contributed by atoms with van der Waals surface area (Å²) in [4.78, 5) is 38.6. The first kappa shape index (κ1) is 23.4. The maximum absolute atomic E-state index is 13.6.